The Morgan fingerprint density at radius 1 is 1.00 bits per heavy atom. The van der Waals surface area contributed by atoms with Crippen molar-refractivity contribution in [1.82, 2.24) is 4.90 Å². The summed E-state index contributed by atoms with van der Waals surface area (Å²) < 4.78 is 0. The van der Waals surface area contributed by atoms with Gasteiger partial charge in [0.2, 0.25) is 0 Å². The number of hydrogen-bond acceptors (Lipinski definition) is 1. The molecule has 0 unspecified atom stereocenters. The molecule has 2 rings (SSSR count). The minimum atomic E-state index is 0.912. The van der Waals surface area contributed by atoms with E-state index < -0.39 is 0 Å². The number of nitrogens with zero attached hydrogens (tertiary/aromatic N) is 1. The van der Waals surface area contributed by atoms with Gasteiger partial charge < -0.3 is 4.90 Å². The maximum absolute atomic E-state index is 2.73. The molecule has 0 saturated carbocycles. The molecule has 2 bridgehead atoms. The third-order valence-corrected chi connectivity index (χ3v) is 4.57. The molecule has 3 atom stereocenters. The van der Waals surface area contributed by atoms with E-state index in [2.05, 4.69) is 18.9 Å². The first-order chi connectivity index (χ1) is 6.83. The van der Waals surface area contributed by atoms with Gasteiger partial charge in [0.1, 0.15) is 0 Å². The molecule has 2 heterocycles. The van der Waals surface area contributed by atoms with E-state index in [4.69, 9.17) is 0 Å². The molecular weight excluding hydrogens is 170 g/mol. The van der Waals surface area contributed by atoms with E-state index in [0.29, 0.717) is 0 Å². The molecule has 0 N–H and O–H groups in total. The minimum Gasteiger partial charge on any atom is -0.300 e. The van der Waals surface area contributed by atoms with Crippen LogP contribution in [0.2, 0.25) is 0 Å². The van der Waals surface area contributed by atoms with Crippen molar-refractivity contribution in [2.75, 3.05) is 7.05 Å². The minimum absolute atomic E-state index is 0.912. The van der Waals surface area contributed by atoms with Crippen LogP contribution < -0.4 is 0 Å². The molecule has 0 radical (unpaired) electrons. The van der Waals surface area contributed by atoms with Crippen LogP contribution in [0.4, 0.5) is 0 Å². The zero-order chi connectivity index (χ0) is 9.97. The van der Waals surface area contributed by atoms with Gasteiger partial charge in [0.05, 0.1) is 0 Å². The Kier molecular flexibility index (Phi) is 3.48. The van der Waals surface area contributed by atoms with Crippen LogP contribution in [0.1, 0.15) is 58.3 Å². The van der Waals surface area contributed by atoms with Crippen LogP contribution >= 0.6 is 0 Å². The summed E-state index contributed by atoms with van der Waals surface area (Å²) in [5.41, 5.74) is 0. The fraction of sp³-hybridized carbons (Fsp3) is 1.00. The smallest absolute Gasteiger partial charge is 0.0123 e. The van der Waals surface area contributed by atoms with Gasteiger partial charge in [0.25, 0.3) is 0 Å². The predicted molar refractivity (Wildman–Crippen MR) is 61.4 cm³/mol. The highest BCUT2D eigenvalue weighted by Gasteiger charge is 2.32. The van der Waals surface area contributed by atoms with Crippen molar-refractivity contribution in [3.63, 3.8) is 0 Å². The van der Waals surface area contributed by atoms with E-state index >= 15 is 0 Å². The quantitative estimate of drug-likeness (QED) is 0.619. The van der Waals surface area contributed by atoms with Gasteiger partial charge in [-0.25, -0.2) is 0 Å². The molecular formula is C13H25N. The van der Waals surface area contributed by atoms with Crippen molar-refractivity contribution >= 4 is 0 Å². The molecule has 82 valence electrons. The van der Waals surface area contributed by atoms with Crippen molar-refractivity contribution < 1.29 is 0 Å². The zero-order valence-electron chi connectivity index (χ0n) is 9.84. The molecule has 0 spiro atoms. The lowest BCUT2D eigenvalue weighted by Crippen LogP contribution is -2.40. The summed E-state index contributed by atoms with van der Waals surface area (Å²) in [7, 11) is 2.38. The van der Waals surface area contributed by atoms with Crippen LogP contribution in [0.15, 0.2) is 0 Å². The maximum atomic E-state index is 2.73. The van der Waals surface area contributed by atoms with Gasteiger partial charge in [0.15, 0.2) is 0 Å². The normalized spacial score (nSPS) is 40.3. The Hall–Kier alpha value is -0.0400. The van der Waals surface area contributed by atoms with Crippen LogP contribution in [-0.4, -0.2) is 24.0 Å². The number of fused-ring (bicyclic) bond motifs is 2. The van der Waals surface area contributed by atoms with Crippen LogP contribution in [0.5, 0.6) is 0 Å². The maximum Gasteiger partial charge on any atom is 0.0123 e. The van der Waals surface area contributed by atoms with Crippen molar-refractivity contribution in [3.8, 4) is 0 Å². The lowest BCUT2D eigenvalue weighted by Gasteiger charge is -2.34. The Labute approximate surface area is 88.9 Å². The summed E-state index contributed by atoms with van der Waals surface area (Å²) in [4.78, 5) is 2.73. The van der Waals surface area contributed by atoms with Crippen molar-refractivity contribution in [2.24, 2.45) is 5.92 Å². The van der Waals surface area contributed by atoms with Gasteiger partial charge in [-0.2, -0.15) is 0 Å². The molecule has 1 nitrogen and oxygen atoms in total. The van der Waals surface area contributed by atoms with E-state index in [-0.39, 0.29) is 0 Å². The topological polar surface area (TPSA) is 3.24 Å². The number of rotatable bonds is 1. The predicted octanol–water partition coefficient (Wildman–Crippen LogP) is 3.44. The SMILES string of the molecule is CC[C@@H]1CCC[C@H]2CCCC[C@@H]1N2C. The highest BCUT2D eigenvalue weighted by molar-refractivity contribution is 4.87. The van der Waals surface area contributed by atoms with E-state index in [0.717, 1.165) is 18.0 Å². The molecule has 2 fully saturated rings. The standard InChI is InChI=1S/C13H25N/c1-3-11-7-6-9-12-8-4-5-10-13(11)14(12)2/h11-13H,3-10H2,1-2H3/t11-,12-,13+/m1/s1. The van der Waals surface area contributed by atoms with E-state index in [1.807, 2.05) is 0 Å². The second kappa shape index (κ2) is 4.65. The summed E-state index contributed by atoms with van der Waals surface area (Å²) in [6.07, 6.45) is 11.7. The first-order valence-corrected chi connectivity index (χ1v) is 6.55. The molecule has 2 aliphatic heterocycles. The third kappa shape index (κ3) is 1.98. The van der Waals surface area contributed by atoms with Crippen LogP contribution in [-0.2, 0) is 0 Å². The average molecular weight is 195 g/mol. The lowest BCUT2D eigenvalue weighted by molar-refractivity contribution is 0.138. The van der Waals surface area contributed by atoms with Gasteiger partial charge in [-0.05, 0) is 38.6 Å². The molecule has 2 saturated heterocycles. The van der Waals surface area contributed by atoms with Gasteiger partial charge in [-0.1, -0.05) is 32.6 Å². The van der Waals surface area contributed by atoms with Crippen LogP contribution in [0.3, 0.4) is 0 Å². The lowest BCUT2D eigenvalue weighted by atomic mass is 9.89. The van der Waals surface area contributed by atoms with Gasteiger partial charge >= 0.3 is 0 Å². The molecule has 0 aromatic carbocycles. The average Bonchev–Trinajstić information content (AvgIpc) is 2.47. The van der Waals surface area contributed by atoms with E-state index in [1.165, 1.54) is 51.4 Å². The second-order valence-corrected chi connectivity index (χ2v) is 5.27. The summed E-state index contributed by atoms with van der Waals surface area (Å²) in [6.45, 7) is 2.38. The molecule has 0 aromatic rings. The molecule has 14 heavy (non-hydrogen) atoms. The Morgan fingerprint density at radius 2 is 1.71 bits per heavy atom. The van der Waals surface area contributed by atoms with E-state index in [1.54, 1.807) is 0 Å². The van der Waals surface area contributed by atoms with E-state index in [9.17, 15) is 0 Å². The summed E-state index contributed by atoms with van der Waals surface area (Å²) in [6, 6.07) is 1.83. The highest BCUT2D eigenvalue weighted by atomic mass is 15.2. The monoisotopic (exact) mass is 195 g/mol. The van der Waals surface area contributed by atoms with Crippen LogP contribution in [0.25, 0.3) is 0 Å². The van der Waals surface area contributed by atoms with Crippen molar-refractivity contribution in [2.45, 2.75) is 70.4 Å². The third-order valence-electron chi connectivity index (χ3n) is 4.57. The zero-order valence-corrected chi connectivity index (χ0v) is 9.84. The highest BCUT2D eigenvalue weighted by Crippen LogP contribution is 2.34. The second-order valence-electron chi connectivity index (χ2n) is 5.27. The summed E-state index contributed by atoms with van der Waals surface area (Å²) >= 11 is 0. The fourth-order valence-corrected chi connectivity index (χ4v) is 3.61. The Balaban J connectivity index is 2.12. The van der Waals surface area contributed by atoms with Gasteiger partial charge in [-0.3, -0.25) is 0 Å². The first-order valence-electron chi connectivity index (χ1n) is 6.55. The Morgan fingerprint density at radius 3 is 2.50 bits per heavy atom. The molecule has 0 amide bonds. The Bertz CT molecular complexity index is 178. The van der Waals surface area contributed by atoms with Crippen LogP contribution in [0, 0.1) is 5.92 Å². The first kappa shape index (κ1) is 10.5. The van der Waals surface area contributed by atoms with Gasteiger partial charge in [0, 0.05) is 12.1 Å². The summed E-state index contributed by atoms with van der Waals surface area (Å²) in [5, 5.41) is 0. The van der Waals surface area contributed by atoms with Gasteiger partial charge in [-0.15, -0.1) is 0 Å². The largest absolute Gasteiger partial charge is 0.300 e. The molecule has 0 aliphatic carbocycles. The summed E-state index contributed by atoms with van der Waals surface area (Å²) in [5.74, 6) is 0.989. The molecule has 1 heteroatoms. The molecule has 2 aliphatic rings. The van der Waals surface area contributed by atoms with Crippen molar-refractivity contribution in [3.05, 3.63) is 0 Å². The fourth-order valence-electron chi connectivity index (χ4n) is 3.61. The molecule has 0 aromatic heterocycles. The number of hydrogen-bond donors (Lipinski definition) is 0. The van der Waals surface area contributed by atoms with Crippen molar-refractivity contribution in [1.29, 1.82) is 0 Å².